The van der Waals surface area contributed by atoms with Crippen molar-refractivity contribution in [3.05, 3.63) is 66.1 Å². The quantitative estimate of drug-likeness (QED) is 0.522. The van der Waals surface area contributed by atoms with Crippen molar-refractivity contribution in [2.75, 3.05) is 55.4 Å². The summed E-state index contributed by atoms with van der Waals surface area (Å²) in [5, 5.41) is 6.01. The summed E-state index contributed by atoms with van der Waals surface area (Å²) >= 11 is 0. The summed E-state index contributed by atoms with van der Waals surface area (Å²) in [6.07, 6.45) is 1.10. The standard InChI is InChI=1S/C24H27FN6O2/c1-3-30-11-13-31(14-12-30)20-9-7-18(8-10-20)28-24-26-16-21(25)22(29-24)27-19-6-4-5-17(15-19)23(32)33-2/h4-10,15-16H,3,11-14H2,1-2H3,(H2,26,27,28,29). The number of aromatic nitrogens is 2. The van der Waals surface area contributed by atoms with Gasteiger partial charge in [0.05, 0.1) is 18.9 Å². The van der Waals surface area contributed by atoms with Gasteiger partial charge in [-0.25, -0.2) is 14.2 Å². The lowest BCUT2D eigenvalue weighted by Gasteiger charge is -2.35. The maximum Gasteiger partial charge on any atom is 0.337 e. The van der Waals surface area contributed by atoms with Crippen LogP contribution in [-0.2, 0) is 4.74 Å². The van der Waals surface area contributed by atoms with Crippen LogP contribution in [0.1, 0.15) is 17.3 Å². The van der Waals surface area contributed by atoms with Crippen LogP contribution in [-0.4, -0.2) is 60.7 Å². The highest BCUT2D eigenvalue weighted by molar-refractivity contribution is 5.90. The van der Waals surface area contributed by atoms with E-state index in [-0.39, 0.29) is 11.8 Å². The number of hydrogen-bond acceptors (Lipinski definition) is 8. The van der Waals surface area contributed by atoms with E-state index in [1.165, 1.54) is 12.8 Å². The highest BCUT2D eigenvalue weighted by atomic mass is 19.1. The number of hydrogen-bond donors (Lipinski definition) is 2. The van der Waals surface area contributed by atoms with E-state index in [9.17, 15) is 9.18 Å². The number of carbonyl (C=O) groups excluding carboxylic acids is 1. The van der Waals surface area contributed by atoms with Crippen LogP contribution in [0.15, 0.2) is 54.7 Å². The number of anilines is 5. The van der Waals surface area contributed by atoms with Gasteiger partial charge in [-0.15, -0.1) is 0 Å². The maximum absolute atomic E-state index is 14.3. The topological polar surface area (TPSA) is 82.6 Å². The Morgan fingerprint density at radius 1 is 1.06 bits per heavy atom. The number of halogens is 1. The molecule has 1 saturated heterocycles. The van der Waals surface area contributed by atoms with Crippen LogP contribution in [0.3, 0.4) is 0 Å². The van der Waals surface area contributed by atoms with Crippen molar-refractivity contribution in [1.29, 1.82) is 0 Å². The highest BCUT2D eigenvalue weighted by Crippen LogP contribution is 2.23. The van der Waals surface area contributed by atoms with Crippen molar-refractivity contribution in [3.8, 4) is 0 Å². The lowest BCUT2D eigenvalue weighted by Crippen LogP contribution is -2.46. The third-order valence-electron chi connectivity index (χ3n) is 5.60. The average Bonchev–Trinajstić information content (AvgIpc) is 2.86. The molecule has 2 heterocycles. The normalized spacial score (nSPS) is 14.1. The molecule has 4 rings (SSSR count). The smallest absolute Gasteiger partial charge is 0.337 e. The molecule has 0 bridgehead atoms. The number of likely N-dealkylation sites (N-methyl/N-ethyl adjacent to an activating group) is 1. The second-order valence-corrected chi connectivity index (χ2v) is 7.68. The van der Waals surface area contributed by atoms with Crippen molar-refractivity contribution < 1.29 is 13.9 Å². The summed E-state index contributed by atoms with van der Waals surface area (Å²) in [7, 11) is 1.31. The number of ether oxygens (including phenoxy) is 1. The Bertz CT molecular complexity index is 1100. The average molecular weight is 451 g/mol. The first-order valence-corrected chi connectivity index (χ1v) is 10.9. The molecule has 0 spiro atoms. The zero-order valence-corrected chi connectivity index (χ0v) is 18.7. The van der Waals surface area contributed by atoms with Gasteiger partial charge in [0, 0.05) is 43.2 Å². The summed E-state index contributed by atoms with van der Waals surface area (Å²) < 4.78 is 19.0. The molecular formula is C24H27FN6O2. The fraction of sp³-hybridized carbons (Fsp3) is 0.292. The van der Waals surface area contributed by atoms with Crippen LogP contribution >= 0.6 is 0 Å². The van der Waals surface area contributed by atoms with Gasteiger partial charge >= 0.3 is 5.97 Å². The molecule has 0 aliphatic carbocycles. The van der Waals surface area contributed by atoms with Crippen LogP contribution in [0.4, 0.5) is 33.2 Å². The van der Waals surface area contributed by atoms with Gasteiger partial charge in [-0.1, -0.05) is 13.0 Å². The molecule has 1 aliphatic rings. The minimum atomic E-state index is -0.606. The fourth-order valence-electron chi connectivity index (χ4n) is 3.70. The van der Waals surface area contributed by atoms with Gasteiger partial charge < -0.3 is 25.2 Å². The zero-order valence-electron chi connectivity index (χ0n) is 18.7. The van der Waals surface area contributed by atoms with E-state index in [4.69, 9.17) is 4.74 Å². The lowest BCUT2D eigenvalue weighted by molar-refractivity contribution is 0.0601. The Labute approximate surface area is 192 Å². The van der Waals surface area contributed by atoms with Crippen molar-refractivity contribution in [2.24, 2.45) is 0 Å². The van der Waals surface area contributed by atoms with Gasteiger partial charge in [-0.2, -0.15) is 4.98 Å². The van der Waals surface area contributed by atoms with Crippen LogP contribution in [0.2, 0.25) is 0 Å². The van der Waals surface area contributed by atoms with Gasteiger partial charge in [0.1, 0.15) is 0 Å². The van der Waals surface area contributed by atoms with Gasteiger partial charge in [0.15, 0.2) is 11.6 Å². The second-order valence-electron chi connectivity index (χ2n) is 7.68. The predicted molar refractivity (Wildman–Crippen MR) is 127 cm³/mol. The molecule has 0 atom stereocenters. The zero-order chi connectivity index (χ0) is 23.2. The first-order chi connectivity index (χ1) is 16.1. The molecule has 2 N–H and O–H groups in total. The number of benzene rings is 2. The molecule has 1 aromatic heterocycles. The highest BCUT2D eigenvalue weighted by Gasteiger charge is 2.16. The van der Waals surface area contributed by atoms with E-state index < -0.39 is 11.8 Å². The van der Waals surface area contributed by atoms with Crippen LogP contribution in [0.25, 0.3) is 0 Å². The third kappa shape index (κ3) is 5.56. The Kier molecular flexibility index (Phi) is 6.99. The van der Waals surface area contributed by atoms with Gasteiger partial charge in [0.2, 0.25) is 5.95 Å². The Hall–Kier alpha value is -3.72. The molecule has 3 aromatic rings. The molecule has 0 radical (unpaired) electrons. The molecule has 0 unspecified atom stereocenters. The molecule has 1 aliphatic heterocycles. The van der Waals surface area contributed by atoms with E-state index >= 15 is 0 Å². The molecule has 0 amide bonds. The molecule has 0 saturated carbocycles. The number of esters is 1. The summed E-state index contributed by atoms with van der Waals surface area (Å²) in [4.78, 5) is 24.8. The summed E-state index contributed by atoms with van der Waals surface area (Å²) in [6.45, 7) is 7.42. The minimum absolute atomic E-state index is 0.0000638. The Morgan fingerprint density at radius 3 is 2.52 bits per heavy atom. The van der Waals surface area contributed by atoms with Crippen molar-refractivity contribution >= 4 is 34.8 Å². The molecule has 33 heavy (non-hydrogen) atoms. The minimum Gasteiger partial charge on any atom is -0.465 e. The van der Waals surface area contributed by atoms with Crippen molar-refractivity contribution in [3.63, 3.8) is 0 Å². The third-order valence-corrected chi connectivity index (χ3v) is 5.60. The molecule has 8 nitrogen and oxygen atoms in total. The molecule has 172 valence electrons. The fourth-order valence-corrected chi connectivity index (χ4v) is 3.70. The van der Waals surface area contributed by atoms with E-state index in [2.05, 4.69) is 49.5 Å². The van der Waals surface area contributed by atoms with Gasteiger partial charge in [0.25, 0.3) is 0 Å². The summed E-state index contributed by atoms with van der Waals surface area (Å²) in [6, 6.07) is 14.6. The lowest BCUT2D eigenvalue weighted by atomic mass is 10.2. The van der Waals surface area contributed by atoms with Crippen molar-refractivity contribution in [1.82, 2.24) is 14.9 Å². The first-order valence-electron chi connectivity index (χ1n) is 10.9. The van der Waals surface area contributed by atoms with E-state index in [0.29, 0.717) is 11.3 Å². The Balaban J connectivity index is 1.43. The number of carbonyl (C=O) groups is 1. The van der Waals surface area contributed by atoms with Crippen LogP contribution in [0, 0.1) is 5.82 Å². The van der Waals surface area contributed by atoms with E-state index in [1.54, 1.807) is 24.3 Å². The number of nitrogens with zero attached hydrogens (tertiary/aromatic N) is 4. The second kappa shape index (κ2) is 10.3. The van der Waals surface area contributed by atoms with Crippen LogP contribution in [0.5, 0.6) is 0 Å². The predicted octanol–water partition coefficient (Wildman–Crippen LogP) is 4.03. The number of nitrogens with one attached hydrogen (secondary N) is 2. The largest absolute Gasteiger partial charge is 0.465 e. The summed E-state index contributed by atoms with van der Waals surface area (Å²) in [5.41, 5.74) is 2.83. The van der Waals surface area contributed by atoms with Crippen LogP contribution < -0.4 is 15.5 Å². The number of piperazine rings is 1. The van der Waals surface area contributed by atoms with E-state index in [1.807, 2.05) is 12.1 Å². The maximum atomic E-state index is 14.3. The van der Waals surface area contributed by atoms with Crippen molar-refractivity contribution in [2.45, 2.75) is 6.92 Å². The summed E-state index contributed by atoms with van der Waals surface area (Å²) in [5.74, 6) is -0.822. The number of methoxy groups -OCH3 is 1. The molecular weight excluding hydrogens is 423 g/mol. The Morgan fingerprint density at radius 2 is 1.82 bits per heavy atom. The van der Waals surface area contributed by atoms with Gasteiger partial charge in [-0.05, 0) is 49.0 Å². The molecule has 2 aromatic carbocycles. The number of rotatable bonds is 7. The first kappa shape index (κ1) is 22.5. The molecule has 1 fully saturated rings. The SMILES string of the molecule is CCN1CCN(c2ccc(Nc3ncc(F)c(Nc4cccc(C(=O)OC)c4)n3)cc2)CC1. The molecule has 9 heteroatoms. The van der Waals surface area contributed by atoms with E-state index in [0.717, 1.165) is 44.6 Å². The van der Waals surface area contributed by atoms with Gasteiger partial charge in [-0.3, -0.25) is 0 Å². The monoisotopic (exact) mass is 450 g/mol.